The number of nitrogens with zero attached hydrogens (tertiary/aromatic N) is 1. The highest BCUT2D eigenvalue weighted by atomic mass is 19.4. The van der Waals surface area contributed by atoms with Crippen LogP contribution in [0, 0.1) is 0 Å². The van der Waals surface area contributed by atoms with E-state index in [1.165, 1.54) is 0 Å². The minimum atomic E-state index is -4.13. The lowest BCUT2D eigenvalue weighted by atomic mass is 10.2. The molecule has 0 saturated heterocycles. The summed E-state index contributed by atoms with van der Waals surface area (Å²) in [5, 5.41) is 2.64. The minimum absolute atomic E-state index is 0.0234. The van der Waals surface area contributed by atoms with Gasteiger partial charge in [0.05, 0.1) is 5.69 Å². The summed E-state index contributed by atoms with van der Waals surface area (Å²) in [7, 11) is 0. The number of nitrogens with two attached hydrogens (primary N) is 1. The van der Waals surface area contributed by atoms with Gasteiger partial charge in [0.2, 0.25) is 0 Å². The van der Waals surface area contributed by atoms with Crippen molar-refractivity contribution in [2.24, 2.45) is 0 Å². The summed E-state index contributed by atoms with van der Waals surface area (Å²) < 4.78 is 37.7. The normalized spacial score (nSPS) is 15.3. The first kappa shape index (κ1) is 14.7. The average Bonchev–Trinajstić information content (AvgIpc) is 3.10. The van der Waals surface area contributed by atoms with Crippen molar-refractivity contribution in [2.45, 2.75) is 44.3 Å². The van der Waals surface area contributed by atoms with E-state index in [1.807, 2.05) is 4.57 Å². The van der Waals surface area contributed by atoms with E-state index in [4.69, 9.17) is 5.73 Å². The molecule has 4 nitrogen and oxygen atoms in total. The van der Waals surface area contributed by atoms with E-state index in [0.29, 0.717) is 23.8 Å². The first-order valence-electron chi connectivity index (χ1n) is 6.69. The van der Waals surface area contributed by atoms with Crippen LogP contribution in [0.5, 0.6) is 0 Å². The Hall–Kier alpha value is -1.66. The van der Waals surface area contributed by atoms with Crippen molar-refractivity contribution in [3.8, 4) is 0 Å². The van der Waals surface area contributed by atoms with Gasteiger partial charge in [0.25, 0.3) is 5.91 Å². The number of hydrogen-bond acceptors (Lipinski definition) is 2. The third-order valence-electron chi connectivity index (χ3n) is 3.22. The molecule has 1 amide bonds. The second-order valence-corrected chi connectivity index (χ2v) is 5.13. The van der Waals surface area contributed by atoms with Crippen molar-refractivity contribution < 1.29 is 18.0 Å². The van der Waals surface area contributed by atoms with E-state index >= 15 is 0 Å². The number of aromatic nitrogens is 1. The Balaban J connectivity index is 1.77. The number of anilines is 1. The van der Waals surface area contributed by atoms with Crippen molar-refractivity contribution in [1.29, 1.82) is 0 Å². The molecule has 0 unspecified atom stereocenters. The quantitative estimate of drug-likeness (QED) is 0.791. The first-order chi connectivity index (χ1) is 9.37. The topological polar surface area (TPSA) is 60.1 Å². The smallest absolute Gasteiger partial charge is 0.389 e. The van der Waals surface area contributed by atoms with Gasteiger partial charge in [-0.2, -0.15) is 13.2 Å². The molecule has 1 aromatic rings. The number of unbranched alkanes of at least 4 members (excludes halogenated alkanes) is 1. The van der Waals surface area contributed by atoms with Crippen molar-refractivity contribution in [2.75, 3.05) is 12.3 Å². The maximum absolute atomic E-state index is 12.0. The molecule has 1 aliphatic carbocycles. The molecule has 7 heteroatoms. The van der Waals surface area contributed by atoms with E-state index in [9.17, 15) is 18.0 Å². The summed E-state index contributed by atoms with van der Waals surface area (Å²) >= 11 is 0. The van der Waals surface area contributed by atoms with Crippen molar-refractivity contribution in [1.82, 2.24) is 9.88 Å². The molecule has 1 fully saturated rings. The number of amides is 1. The summed E-state index contributed by atoms with van der Waals surface area (Å²) in [5.74, 6) is -0.277. The molecule has 1 heterocycles. The third kappa shape index (κ3) is 4.18. The molecule has 0 aliphatic heterocycles. The van der Waals surface area contributed by atoms with Gasteiger partial charge in [0.15, 0.2) is 0 Å². The van der Waals surface area contributed by atoms with E-state index in [-0.39, 0.29) is 18.9 Å². The van der Waals surface area contributed by atoms with Crippen LogP contribution < -0.4 is 11.1 Å². The lowest BCUT2D eigenvalue weighted by Crippen LogP contribution is -2.26. The van der Waals surface area contributed by atoms with E-state index < -0.39 is 12.6 Å². The summed E-state index contributed by atoms with van der Waals surface area (Å²) in [4.78, 5) is 12.0. The first-order valence-corrected chi connectivity index (χ1v) is 6.69. The molecule has 1 aliphatic rings. The summed E-state index contributed by atoms with van der Waals surface area (Å²) in [6, 6.07) is 1.93. The standard InChI is InChI=1S/C13H18F3N3O/c14-13(15,16)5-1-2-6-18-12(20)11-7-9(17)8-19(11)10-3-4-10/h7-8,10H,1-6,17H2,(H,18,20). The molecule has 2 rings (SSSR count). The molecular weight excluding hydrogens is 271 g/mol. The molecule has 112 valence electrons. The zero-order chi connectivity index (χ0) is 14.8. The molecule has 20 heavy (non-hydrogen) atoms. The van der Waals surface area contributed by atoms with Gasteiger partial charge in [-0.15, -0.1) is 0 Å². The van der Waals surface area contributed by atoms with E-state index in [1.54, 1.807) is 12.3 Å². The number of alkyl halides is 3. The van der Waals surface area contributed by atoms with Gasteiger partial charge in [0.1, 0.15) is 5.69 Å². The number of nitrogens with one attached hydrogen (secondary N) is 1. The maximum atomic E-state index is 12.0. The molecule has 0 radical (unpaired) electrons. The fraction of sp³-hybridized carbons (Fsp3) is 0.615. The Morgan fingerprint density at radius 3 is 2.70 bits per heavy atom. The van der Waals surface area contributed by atoms with Crippen LogP contribution in [0.1, 0.15) is 48.6 Å². The SMILES string of the molecule is Nc1cc(C(=O)NCCCCC(F)(F)F)n(C2CC2)c1. The van der Waals surface area contributed by atoms with E-state index in [2.05, 4.69) is 5.32 Å². The van der Waals surface area contributed by atoms with Crippen LogP contribution in [-0.4, -0.2) is 23.2 Å². The van der Waals surface area contributed by atoms with Crippen LogP contribution in [-0.2, 0) is 0 Å². The molecular formula is C13H18F3N3O. The summed E-state index contributed by atoms with van der Waals surface area (Å²) in [5.41, 5.74) is 6.70. The van der Waals surface area contributed by atoms with Gasteiger partial charge in [-0.05, 0) is 31.7 Å². The van der Waals surface area contributed by atoms with Crippen LogP contribution >= 0.6 is 0 Å². The third-order valence-corrected chi connectivity index (χ3v) is 3.22. The van der Waals surface area contributed by atoms with Crippen molar-refractivity contribution >= 4 is 11.6 Å². The zero-order valence-electron chi connectivity index (χ0n) is 11.0. The van der Waals surface area contributed by atoms with Gasteiger partial charge in [-0.1, -0.05) is 0 Å². The van der Waals surface area contributed by atoms with Crippen LogP contribution in [0.15, 0.2) is 12.3 Å². The predicted molar refractivity (Wildman–Crippen MR) is 69.4 cm³/mol. The van der Waals surface area contributed by atoms with Crippen LogP contribution in [0.3, 0.4) is 0 Å². The Labute approximate surface area is 115 Å². The number of rotatable bonds is 6. The van der Waals surface area contributed by atoms with Gasteiger partial charge >= 0.3 is 6.18 Å². The molecule has 1 aromatic heterocycles. The van der Waals surface area contributed by atoms with Crippen molar-refractivity contribution in [3.63, 3.8) is 0 Å². The molecule has 3 N–H and O–H groups in total. The van der Waals surface area contributed by atoms with Crippen LogP contribution in [0.4, 0.5) is 18.9 Å². The Morgan fingerprint density at radius 2 is 2.10 bits per heavy atom. The maximum Gasteiger partial charge on any atom is 0.389 e. The van der Waals surface area contributed by atoms with E-state index in [0.717, 1.165) is 12.8 Å². The number of halogens is 3. The highest BCUT2D eigenvalue weighted by molar-refractivity contribution is 5.93. The van der Waals surface area contributed by atoms with Crippen LogP contribution in [0.25, 0.3) is 0 Å². The highest BCUT2D eigenvalue weighted by Crippen LogP contribution is 2.37. The second kappa shape index (κ2) is 5.76. The fourth-order valence-electron chi connectivity index (χ4n) is 2.08. The molecule has 1 saturated carbocycles. The fourth-order valence-corrected chi connectivity index (χ4v) is 2.08. The minimum Gasteiger partial charge on any atom is -0.397 e. The van der Waals surface area contributed by atoms with Gasteiger partial charge in [-0.25, -0.2) is 0 Å². The average molecular weight is 289 g/mol. The monoisotopic (exact) mass is 289 g/mol. The lowest BCUT2D eigenvalue weighted by molar-refractivity contribution is -0.135. The molecule has 0 aromatic carbocycles. The Morgan fingerprint density at radius 1 is 1.40 bits per heavy atom. The van der Waals surface area contributed by atoms with Crippen molar-refractivity contribution in [3.05, 3.63) is 18.0 Å². The van der Waals surface area contributed by atoms with Gasteiger partial charge in [0, 0.05) is 25.2 Å². The lowest BCUT2D eigenvalue weighted by Gasteiger charge is -2.09. The molecule has 0 bridgehead atoms. The summed E-state index contributed by atoms with van der Waals surface area (Å²) in [6.45, 7) is 0.241. The van der Waals surface area contributed by atoms with Gasteiger partial charge in [-0.3, -0.25) is 4.79 Å². The zero-order valence-corrected chi connectivity index (χ0v) is 11.0. The number of hydrogen-bond donors (Lipinski definition) is 2. The Bertz CT molecular complexity index is 478. The van der Waals surface area contributed by atoms with Gasteiger partial charge < -0.3 is 15.6 Å². The van der Waals surface area contributed by atoms with Crippen LogP contribution in [0.2, 0.25) is 0 Å². The Kier molecular flexibility index (Phi) is 4.25. The molecule has 0 atom stereocenters. The molecule has 0 spiro atoms. The summed E-state index contributed by atoms with van der Waals surface area (Å²) in [6.07, 6.45) is -0.815. The number of nitrogen functional groups attached to an aromatic ring is 1. The number of carbonyl (C=O) groups is 1. The predicted octanol–water partition coefficient (Wildman–Crippen LogP) is 2.87. The second-order valence-electron chi connectivity index (χ2n) is 5.13. The number of carbonyl (C=O) groups excluding carboxylic acids is 1. The highest BCUT2D eigenvalue weighted by Gasteiger charge is 2.28. The largest absolute Gasteiger partial charge is 0.397 e.